The molecule has 0 bridgehead atoms. The minimum Gasteiger partial charge on any atom is -0.294 e. The number of hydrogen-bond donors (Lipinski definition) is 0. The van der Waals surface area contributed by atoms with Crippen LogP contribution in [0.5, 0.6) is 0 Å². The predicted molar refractivity (Wildman–Crippen MR) is 70.8 cm³/mol. The van der Waals surface area contributed by atoms with Crippen LogP contribution in [-0.4, -0.2) is 5.78 Å². The highest BCUT2D eigenvalue weighted by Crippen LogP contribution is 2.24. The highest BCUT2D eigenvalue weighted by Gasteiger charge is 2.18. The van der Waals surface area contributed by atoms with Gasteiger partial charge >= 0.3 is 0 Å². The lowest BCUT2D eigenvalue weighted by Crippen LogP contribution is -2.09. The van der Waals surface area contributed by atoms with Gasteiger partial charge in [0.05, 0.1) is 10.6 Å². The van der Waals surface area contributed by atoms with Crippen molar-refractivity contribution in [3.8, 4) is 0 Å². The molecule has 2 aromatic rings. The van der Waals surface area contributed by atoms with Crippen LogP contribution in [-0.2, 0) is 6.42 Å². The van der Waals surface area contributed by atoms with Crippen LogP contribution in [0, 0.1) is 17.5 Å². The van der Waals surface area contributed by atoms with Crippen molar-refractivity contribution in [2.45, 2.75) is 6.42 Å². The molecule has 0 N–H and O–H groups in total. The van der Waals surface area contributed by atoms with Crippen molar-refractivity contribution < 1.29 is 18.0 Å². The average Bonchev–Trinajstić information content (AvgIpc) is 2.38. The number of hydrogen-bond acceptors (Lipinski definition) is 1. The number of halogens is 5. The maximum Gasteiger partial charge on any atom is 0.170 e. The Hall–Kier alpha value is -1.52. The molecule has 0 aromatic heterocycles. The molecule has 0 fully saturated rings. The molecule has 0 aliphatic heterocycles. The number of carbonyl (C=O) groups excluding carboxylic acids is 1. The van der Waals surface area contributed by atoms with Crippen LogP contribution >= 0.6 is 23.2 Å². The van der Waals surface area contributed by atoms with Gasteiger partial charge in [0.15, 0.2) is 5.78 Å². The molecule has 6 heteroatoms. The van der Waals surface area contributed by atoms with E-state index in [1.807, 2.05) is 0 Å². The standard InChI is InChI=1S/C14H7Cl2F3O/c15-9-2-1-3-11(17)7(9)5-14(20)8-4-13(19)10(16)6-12(8)18/h1-4,6H,5H2. The minimum absolute atomic E-state index is 0.0493. The molecule has 0 radical (unpaired) electrons. The summed E-state index contributed by atoms with van der Waals surface area (Å²) in [5.41, 5.74) is -0.555. The van der Waals surface area contributed by atoms with E-state index in [-0.39, 0.29) is 10.6 Å². The van der Waals surface area contributed by atoms with Gasteiger partial charge in [-0.15, -0.1) is 0 Å². The molecule has 0 spiro atoms. The van der Waals surface area contributed by atoms with Crippen molar-refractivity contribution >= 4 is 29.0 Å². The van der Waals surface area contributed by atoms with Crippen molar-refractivity contribution in [2.24, 2.45) is 0 Å². The number of benzene rings is 2. The van der Waals surface area contributed by atoms with Crippen LogP contribution in [0.2, 0.25) is 10.0 Å². The first-order valence-electron chi connectivity index (χ1n) is 5.50. The SMILES string of the molecule is O=C(Cc1c(F)cccc1Cl)c1cc(F)c(Cl)cc1F. The lowest BCUT2D eigenvalue weighted by atomic mass is 10.0. The van der Waals surface area contributed by atoms with E-state index >= 15 is 0 Å². The molecule has 2 rings (SSSR count). The third-order valence-corrected chi connectivity index (χ3v) is 3.35. The highest BCUT2D eigenvalue weighted by atomic mass is 35.5. The summed E-state index contributed by atoms with van der Waals surface area (Å²) in [6.07, 6.45) is -0.469. The van der Waals surface area contributed by atoms with Crippen molar-refractivity contribution in [2.75, 3.05) is 0 Å². The first-order chi connectivity index (χ1) is 9.40. The molecule has 0 saturated heterocycles. The summed E-state index contributed by atoms with van der Waals surface area (Å²) in [7, 11) is 0. The zero-order chi connectivity index (χ0) is 14.9. The number of rotatable bonds is 3. The number of Topliss-reactive ketones (excluding diaryl/α,β-unsaturated/α-hetero) is 1. The van der Waals surface area contributed by atoms with Gasteiger partial charge in [0, 0.05) is 17.0 Å². The normalized spacial score (nSPS) is 10.7. The van der Waals surface area contributed by atoms with Crippen LogP contribution < -0.4 is 0 Å². The Bertz CT molecular complexity index is 666. The van der Waals surface area contributed by atoms with E-state index in [0.717, 1.165) is 6.07 Å². The van der Waals surface area contributed by atoms with Crippen LogP contribution in [0.15, 0.2) is 30.3 Å². The van der Waals surface area contributed by atoms with Gasteiger partial charge in [-0.25, -0.2) is 13.2 Å². The van der Waals surface area contributed by atoms with E-state index in [0.29, 0.717) is 12.1 Å². The number of ketones is 1. The molecule has 0 heterocycles. The second kappa shape index (κ2) is 5.85. The molecule has 0 aliphatic rings. The smallest absolute Gasteiger partial charge is 0.170 e. The Morgan fingerprint density at radius 2 is 1.65 bits per heavy atom. The van der Waals surface area contributed by atoms with Crippen molar-refractivity contribution in [3.63, 3.8) is 0 Å². The van der Waals surface area contributed by atoms with Crippen LogP contribution in [0.4, 0.5) is 13.2 Å². The van der Waals surface area contributed by atoms with Gasteiger partial charge in [-0.2, -0.15) is 0 Å². The van der Waals surface area contributed by atoms with Crippen LogP contribution in [0.3, 0.4) is 0 Å². The van der Waals surface area contributed by atoms with Gasteiger partial charge in [-0.1, -0.05) is 29.3 Å². The van der Waals surface area contributed by atoms with Gasteiger partial charge in [-0.05, 0) is 24.3 Å². The zero-order valence-electron chi connectivity index (χ0n) is 9.89. The molecule has 0 aliphatic carbocycles. The number of carbonyl (C=O) groups is 1. The maximum atomic E-state index is 13.6. The summed E-state index contributed by atoms with van der Waals surface area (Å²) in [5.74, 6) is -3.35. The average molecular weight is 319 g/mol. The summed E-state index contributed by atoms with van der Waals surface area (Å²) in [6, 6.07) is 5.31. The quantitative estimate of drug-likeness (QED) is 0.585. The van der Waals surface area contributed by atoms with Crippen LogP contribution in [0.1, 0.15) is 15.9 Å². The molecule has 0 atom stereocenters. The van der Waals surface area contributed by atoms with E-state index < -0.39 is 40.2 Å². The fourth-order valence-electron chi connectivity index (χ4n) is 1.69. The second-order valence-corrected chi connectivity index (χ2v) is 4.86. The van der Waals surface area contributed by atoms with Gasteiger partial charge in [-0.3, -0.25) is 4.79 Å². The largest absolute Gasteiger partial charge is 0.294 e. The Balaban J connectivity index is 2.36. The summed E-state index contributed by atoms with van der Waals surface area (Å²) in [6.45, 7) is 0. The summed E-state index contributed by atoms with van der Waals surface area (Å²) in [4.78, 5) is 11.9. The molecule has 2 aromatic carbocycles. The molecular weight excluding hydrogens is 312 g/mol. The Morgan fingerprint density at radius 3 is 2.30 bits per heavy atom. The third kappa shape index (κ3) is 2.97. The van der Waals surface area contributed by atoms with Crippen molar-refractivity contribution in [1.82, 2.24) is 0 Å². The van der Waals surface area contributed by atoms with Gasteiger partial charge in [0.1, 0.15) is 17.5 Å². The lowest BCUT2D eigenvalue weighted by Gasteiger charge is -2.07. The molecule has 104 valence electrons. The Morgan fingerprint density at radius 1 is 0.950 bits per heavy atom. The predicted octanol–water partition coefficient (Wildman–Crippen LogP) is 4.84. The lowest BCUT2D eigenvalue weighted by molar-refractivity contribution is 0.0987. The topological polar surface area (TPSA) is 17.1 Å². The van der Waals surface area contributed by atoms with Crippen molar-refractivity contribution in [1.29, 1.82) is 0 Å². The van der Waals surface area contributed by atoms with E-state index in [1.165, 1.54) is 12.1 Å². The van der Waals surface area contributed by atoms with Crippen molar-refractivity contribution in [3.05, 3.63) is 69.0 Å². The fraction of sp³-hybridized carbons (Fsp3) is 0.0714. The van der Waals surface area contributed by atoms with Crippen LogP contribution in [0.25, 0.3) is 0 Å². The summed E-state index contributed by atoms with van der Waals surface area (Å²) >= 11 is 11.2. The van der Waals surface area contributed by atoms with Gasteiger partial charge in [0.2, 0.25) is 0 Å². The minimum atomic E-state index is -0.964. The highest BCUT2D eigenvalue weighted by molar-refractivity contribution is 6.31. The Kier molecular flexibility index (Phi) is 4.35. The third-order valence-electron chi connectivity index (χ3n) is 2.71. The molecule has 0 unspecified atom stereocenters. The molecule has 0 saturated carbocycles. The van der Waals surface area contributed by atoms with Gasteiger partial charge < -0.3 is 0 Å². The first kappa shape index (κ1) is 14.9. The molecule has 0 amide bonds. The first-order valence-corrected chi connectivity index (χ1v) is 6.26. The molecular formula is C14H7Cl2F3O. The second-order valence-electron chi connectivity index (χ2n) is 4.05. The molecule has 20 heavy (non-hydrogen) atoms. The summed E-state index contributed by atoms with van der Waals surface area (Å²) < 4.78 is 40.4. The maximum absolute atomic E-state index is 13.6. The van der Waals surface area contributed by atoms with E-state index in [9.17, 15) is 18.0 Å². The van der Waals surface area contributed by atoms with E-state index in [2.05, 4.69) is 0 Å². The molecule has 1 nitrogen and oxygen atoms in total. The summed E-state index contributed by atoms with van der Waals surface area (Å²) in [5, 5.41) is -0.379. The fourth-order valence-corrected chi connectivity index (χ4v) is 2.07. The Labute approximate surface area is 122 Å². The van der Waals surface area contributed by atoms with E-state index in [1.54, 1.807) is 0 Å². The van der Waals surface area contributed by atoms with Gasteiger partial charge in [0.25, 0.3) is 0 Å². The van der Waals surface area contributed by atoms with E-state index in [4.69, 9.17) is 23.2 Å². The monoisotopic (exact) mass is 318 g/mol. The zero-order valence-corrected chi connectivity index (χ0v) is 11.4.